The van der Waals surface area contributed by atoms with E-state index in [4.69, 9.17) is 0 Å². The minimum Gasteiger partial charge on any atom is -0.507 e. The molecule has 2 aromatic rings. The Morgan fingerprint density at radius 2 is 1.95 bits per heavy atom. The molecule has 1 N–H and O–H groups in total. The number of hydrogen-bond acceptors (Lipinski definition) is 4. The summed E-state index contributed by atoms with van der Waals surface area (Å²) in [6.45, 7) is 0. The third-order valence-electron chi connectivity index (χ3n) is 2.28. The van der Waals surface area contributed by atoms with Crippen LogP contribution in [0, 0.1) is 15.9 Å². The molecule has 2 rings (SSSR count). The Hall–Kier alpha value is -1.60. The van der Waals surface area contributed by atoms with Crippen molar-refractivity contribution < 1.29 is 14.4 Å². The minimum absolute atomic E-state index is 0.00914. The number of nitrogens with zero attached hydrogens (tertiary/aromatic N) is 1. The summed E-state index contributed by atoms with van der Waals surface area (Å²) >= 11 is 3.85. The first-order valence-corrected chi connectivity index (χ1v) is 6.69. The maximum Gasteiger partial charge on any atom is 0.284 e. The molecule has 19 heavy (non-hydrogen) atoms. The maximum absolute atomic E-state index is 13.5. The SMILES string of the molecule is O=[N+]([O-])c1cc(Br)c(F)cc1Sc1ccccc1O. The summed E-state index contributed by atoms with van der Waals surface area (Å²) in [5.41, 5.74) is -0.221. The van der Waals surface area contributed by atoms with E-state index >= 15 is 0 Å². The van der Waals surface area contributed by atoms with E-state index in [2.05, 4.69) is 15.9 Å². The molecule has 0 fully saturated rings. The highest BCUT2D eigenvalue weighted by atomic mass is 79.9. The van der Waals surface area contributed by atoms with Crippen LogP contribution in [0.5, 0.6) is 5.75 Å². The topological polar surface area (TPSA) is 63.4 Å². The van der Waals surface area contributed by atoms with Crippen LogP contribution in [-0.2, 0) is 0 Å². The Morgan fingerprint density at radius 1 is 1.26 bits per heavy atom. The Morgan fingerprint density at radius 3 is 2.58 bits per heavy atom. The molecule has 4 nitrogen and oxygen atoms in total. The van der Waals surface area contributed by atoms with E-state index in [0.29, 0.717) is 4.90 Å². The van der Waals surface area contributed by atoms with Crippen LogP contribution in [0.3, 0.4) is 0 Å². The van der Waals surface area contributed by atoms with Gasteiger partial charge in [0.1, 0.15) is 11.6 Å². The summed E-state index contributed by atoms with van der Waals surface area (Å²) in [5.74, 6) is -0.603. The molecule has 0 amide bonds. The molecule has 0 saturated heterocycles. The van der Waals surface area contributed by atoms with Crippen LogP contribution in [0.1, 0.15) is 0 Å². The first kappa shape index (κ1) is 13.8. The molecule has 98 valence electrons. The first-order valence-electron chi connectivity index (χ1n) is 5.08. The van der Waals surface area contributed by atoms with Crippen LogP contribution in [-0.4, -0.2) is 10.0 Å². The number of nitro groups is 1. The molecule has 0 radical (unpaired) electrons. The summed E-state index contributed by atoms with van der Waals surface area (Å²) in [6, 6.07) is 8.56. The van der Waals surface area contributed by atoms with Crippen LogP contribution >= 0.6 is 27.7 Å². The second kappa shape index (κ2) is 5.58. The van der Waals surface area contributed by atoms with Gasteiger partial charge in [0.2, 0.25) is 0 Å². The quantitative estimate of drug-likeness (QED) is 0.664. The molecule has 2 aromatic carbocycles. The van der Waals surface area contributed by atoms with Crippen LogP contribution in [0.4, 0.5) is 10.1 Å². The lowest BCUT2D eigenvalue weighted by molar-refractivity contribution is -0.387. The zero-order chi connectivity index (χ0) is 14.0. The zero-order valence-electron chi connectivity index (χ0n) is 9.34. The standard InChI is InChI=1S/C12H7BrFNO3S/c13-7-5-9(15(17)18)12(6-8(7)14)19-11-4-2-1-3-10(11)16/h1-6,16H. The van der Waals surface area contributed by atoms with Crippen LogP contribution < -0.4 is 0 Å². The molecule has 0 aliphatic rings. The minimum atomic E-state index is -0.594. The lowest BCUT2D eigenvalue weighted by atomic mass is 10.3. The predicted molar refractivity (Wildman–Crippen MR) is 73.0 cm³/mol. The summed E-state index contributed by atoms with van der Waals surface area (Å²) in [4.78, 5) is 10.9. The number of rotatable bonds is 3. The van der Waals surface area contributed by atoms with Crippen molar-refractivity contribution in [3.63, 3.8) is 0 Å². The number of halogens is 2. The molecular weight excluding hydrogens is 337 g/mol. The highest BCUT2D eigenvalue weighted by Gasteiger charge is 2.19. The fourth-order valence-electron chi connectivity index (χ4n) is 1.40. The summed E-state index contributed by atoms with van der Waals surface area (Å²) in [6.07, 6.45) is 0. The van der Waals surface area contributed by atoms with Crippen molar-refractivity contribution in [3.05, 3.63) is 56.8 Å². The number of nitro benzene ring substituents is 1. The molecule has 0 unspecified atom stereocenters. The van der Waals surface area contributed by atoms with Gasteiger partial charge in [-0.05, 0) is 34.1 Å². The van der Waals surface area contributed by atoms with Gasteiger partial charge in [-0.15, -0.1) is 0 Å². The number of para-hydroxylation sites is 1. The second-order valence-corrected chi connectivity index (χ2v) is 5.50. The van der Waals surface area contributed by atoms with E-state index in [1.165, 1.54) is 6.07 Å². The summed E-state index contributed by atoms with van der Waals surface area (Å²) in [5, 5.41) is 20.6. The van der Waals surface area contributed by atoms with Crippen molar-refractivity contribution in [2.75, 3.05) is 0 Å². The molecule has 0 aliphatic heterocycles. The van der Waals surface area contributed by atoms with E-state index in [9.17, 15) is 19.6 Å². The monoisotopic (exact) mass is 343 g/mol. The average Bonchev–Trinajstić information content (AvgIpc) is 2.36. The van der Waals surface area contributed by atoms with Crippen molar-refractivity contribution in [1.82, 2.24) is 0 Å². The number of benzene rings is 2. The molecule has 7 heteroatoms. The van der Waals surface area contributed by atoms with Gasteiger partial charge in [-0.3, -0.25) is 10.1 Å². The van der Waals surface area contributed by atoms with Gasteiger partial charge in [-0.2, -0.15) is 0 Å². The predicted octanol–water partition coefficient (Wildman–Crippen LogP) is 4.35. The van der Waals surface area contributed by atoms with Crippen LogP contribution in [0.25, 0.3) is 0 Å². The van der Waals surface area contributed by atoms with E-state index in [1.807, 2.05) is 0 Å². The van der Waals surface area contributed by atoms with Gasteiger partial charge in [0.25, 0.3) is 5.69 Å². The highest BCUT2D eigenvalue weighted by molar-refractivity contribution is 9.10. The van der Waals surface area contributed by atoms with Crippen molar-refractivity contribution in [3.8, 4) is 5.75 Å². The smallest absolute Gasteiger partial charge is 0.284 e. The number of aromatic hydroxyl groups is 1. The second-order valence-electron chi connectivity index (χ2n) is 3.56. The fourth-order valence-corrected chi connectivity index (χ4v) is 2.69. The van der Waals surface area contributed by atoms with Crippen molar-refractivity contribution in [2.45, 2.75) is 9.79 Å². The van der Waals surface area contributed by atoms with Crippen LogP contribution in [0.15, 0.2) is 50.7 Å². The number of hydrogen-bond donors (Lipinski definition) is 1. The van der Waals surface area contributed by atoms with Gasteiger partial charge >= 0.3 is 0 Å². The molecule has 0 heterocycles. The van der Waals surface area contributed by atoms with Gasteiger partial charge in [0.05, 0.1) is 19.2 Å². The molecule has 0 bridgehead atoms. The first-order chi connectivity index (χ1) is 8.99. The Bertz CT molecular complexity index is 651. The third-order valence-corrected chi connectivity index (χ3v) is 4.00. The zero-order valence-corrected chi connectivity index (χ0v) is 11.7. The molecule has 0 atom stereocenters. The lowest BCUT2D eigenvalue weighted by Crippen LogP contribution is -1.93. The Balaban J connectivity index is 2.48. The van der Waals surface area contributed by atoms with E-state index in [1.54, 1.807) is 18.2 Å². The van der Waals surface area contributed by atoms with Crippen molar-refractivity contribution in [2.24, 2.45) is 0 Å². The molecule has 0 saturated carbocycles. The fraction of sp³-hybridized carbons (Fsp3) is 0. The van der Waals surface area contributed by atoms with E-state index in [-0.39, 0.29) is 20.8 Å². The maximum atomic E-state index is 13.5. The Labute approximate surface area is 120 Å². The highest BCUT2D eigenvalue weighted by Crippen LogP contribution is 2.40. The van der Waals surface area contributed by atoms with Gasteiger partial charge < -0.3 is 5.11 Å². The molecule has 0 aromatic heterocycles. The van der Waals surface area contributed by atoms with Crippen LogP contribution in [0.2, 0.25) is 0 Å². The molecular formula is C12H7BrFNO3S. The summed E-state index contributed by atoms with van der Waals surface area (Å²) in [7, 11) is 0. The van der Waals surface area contributed by atoms with E-state index in [0.717, 1.165) is 23.9 Å². The molecule has 0 spiro atoms. The number of phenolic OH excluding ortho intramolecular Hbond substituents is 1. The third kappa shape index (κ3) is 3.05. The average molecular weight is 344 g/mol. The lowest BCUT2D eigenvalue weighted by Gasteiger charge is -2.06. The van der Waals surface area contributed by atoms with Gasteiger partial charge in [-0.25, -0.2) is 4.39 Å². The van der Waals surface area contributed by atoms with Gasteiger partial charge in [0, 0.05) is 6.07 Å². The normalized spacial score (nSPS) is 10.4. The van der Waals surface area contributed by atoms with E-state index < -0.39 is 10.7 Å². The Kier molecular flexibility index (Phi) is 4.06. The summed E-state index contributed by atoms with van der Waals surface area (Å²) < 4.78 is 13.5. The molecule has 0 aliphatic carbocycles. The largest absolute Gasteiger partial charge is 0.507 e. The van der Waals surface area contributed by atoms with Gasteiger partial charge in [0.15, 0.2) is 0 Å². The number of phenols is 1. The van der Waals surface area contributed by atoms with Crippen molar-refractivity contribution >= 4 is 33.4 Å². The van der Waals surface area contributed by atoms with Crippen molar-refractivity contribution in [1.29, 1.82) is 0 Å². The van der Waals surface area contributed by atoms with Gasteiger partial charge in [-0.1, -0.05) is 23.9 Å².